The van der Waals surface area contributed by atoms with Crippen LogP contribution in [0.3, 0.4) is 0 Å². The van der Waals surface area contributed by atoms with Crippen LogP contribution in [0.2, 0.25) is 0 Å². The number of hydrogen-bond donors (Lipinski definition) is 2. The van der Waals surface area contributed by atoms with E-state index < -0.39 is 17.6 Å². The fourth-order valence-electron chi connectivity index (χ4n) is 2.67. The van der Waals surface area contributed by atoms with Crippen LogP contribution in [0.15, 0.2) is 48.7 Å². The van der Waals surface area contributed by atoms with E-state index >= 15 is 0 Å². The number of nitrogens with two attached hydrogens (primary N) is 1. The Hall–Kier alpha value is -2.96. The van der Waals surface area contributed by atoms with E-state index in [4.69, 9.17) is 11.0 Å². The average Bonchev–Trinajstić information content (AvgIpc) is 3.15. The molecule has 0 aliphatic carbocycles. The molecule has 0 spiro atoms. The van der Waals surface area contributed by atoms with Crippen LogP contribution in [0, 0.1) is 17.1 Å². The van der Waals surface area contributed by atoms with Crippen LogP contribution >= 0.6 is 11.3 Å². The molecule has 0 amide bonds. The Balaban J connectivity index is 1.57. The normalized spacial score (nSPS) is 12.4. The third-order valence-corrected chi connectivity index (χ3v) is 5.18. The molecular formula is C20H16F4N4S. The van der Waals surface area contributed by atoms with Gasteiger partial charge in [-0.05, 0) is 41.8 Å². The molecule has 2 aromatic carbocycles. The highest BCUT2D eigenvalue weighted by molar-refractivity contribution is 7.18. The van der Waals surface area contributed by atoms with E-state index in [9.17, 15) is 17.6 Å². The molecule has 1 aromatic heterocycles. The number of rotatable bonds is 6. The van der Waals surface area contributed by atoms with Gasteiger partial charge in [-0.25, -0.2) is 9.37 Å². The van der Waals surface area contributed by atoms with Crippen molar-refractivity contribution in [2.24, 2.45) is 5.73 Å². The third kappa shape index (κ3) is 5.31. The molecule has 0 aliphatic rings. The second-order valence-electron chi connectivity index (χ2n) is 6.38. The minimum atomic E-state index is -4.36. The van der Waals surface area contributed by atoms with Crippen LogP contribution in [0.25, 0.3) is 10.4 Å². The predicted molar refractivity (Wildman–Crippen MR) is 104 cm³/mol. The molecule has 0 saturated carbocycles. The molecule has 1 atom stereocenters. The highest BCUT2D eigenvalue weighted by Crippen LogP contribution is 2.30. The smallest absolute Gasteiger partial charge is 0.360 e. The van der Waals surface area contributed by atoms with Crippen LogP contribution in [-0.4, -0.2) is 17.6 Å². The first kappa shape index (κ1) is 20.8. The summed E-state index contributed by atoms with van der Waals surface area (Å²) in [5.74, 6) is -0.591. The van der Waals surface area contributed by atoms with Gasteiger partial charge < -0.3 is 11.1 Å². The zero-order chi connectivity index (χ0) is 21.0. The van der Waals surface area contributed by atoms with Crippen molar-refractivity contribution < 1.29 is 17.6 Å². The molecule has 0 bridgehead atoms. The summed E-state index contributed by atoms with van der Waals surface area (Å²) in [6.45, 7) is 0.371. The van der Waals surface area contributed by atoms with Gasteiger partial charge in [0.2, 0.25) is 0 Å². The molecule has 150 valence electrons. The number of aromatic nitrogens is 1. The standard InChI is InChI=1S/C20H16F4N4S/c21-17-8-13(3-4-14(17)9-25)18-11-28-19(29-18)27-10-16(26)7-12-1-5-15(6-2-12)20(22,23)24/h1-6,8,11,16H,7,10,26H2,(H,27,28)/t16-/m0/s1. The van der Waals surface area contributed by atoms with Crippen LogP contribution < -0.4 is 11.1 Å². The highest BCUT2D eigenvalue weighted by Gasteiger charge is 2.29. The molecule has 3 aromatic rings. The summed E-state index contributed by atoms with van der Waals surface area (Å²) in [6.07, 6.45) is -2.36. The summed E-state index contributed by atoms with van der Waals surface area (Å²) in [4.78, 5) is 4.95. The number of benzene rings is 2. The first-order valence-corrected chi connectivity index (χ1v) is 9.39. The van der Waals surface area contributed by atoms with Gasteiger partial charge >= 0.3 is 6.18 Å². The minimum Gasteiger partial charge on any atom is -0.360 e. The number of nitriles is 1. The van der Waals surface area contributed by atoms with Crippen LogP contribution in [0.4, 0.5) is 22.7 Å². The molecule has 3 rings (SSSR count). The Bertz CT molecular complexity index is 1020. The molecule has 9 heteroatoms. The third-order valence-electron chi connectivity index (χ3n) is 4.17. The monoisotopic (exact) mass is 420 g/mol. The van der Waals surface area contributed by atoms with Crippen LogP contribution in [0.1, 0.15) is 16.7 Å². The zero-order valence-corrected chi connectivity index (χ0v) is 15.8. The van der Waals surface area contributed by atoms with Crippen molar-refractivity contribution in [1.82, 2.24) is 4.98 Å². The van der Waals surface area contributed by atoms with Crippen molar-refractivity contribution in [2.45, 2.75) is 18.6 Å². The lowest BCUT2D eigenvalue weighted by Gasteiger charge is -2.13. The fourth-order valence-corrected chi connectivity index (χ4v) is 3.49. The molecule has 29 heavy (non-hydrogen) atoms. The number of anilines is 1. The Morgan fingerprint density at radius 1 is 1.17 bits per heavy atom. The maximum absolute atomic E-state index is 13.8. The number of hydrogen-bond acceptors (Lipinski definition) is 5. The quantitative estimate of drug-likeness (QED) is 0.561. The van der Waals surface area contributed by atoms with Crippen molar-refractivity contribution in [3.05, 3.63) is 71.2 Å². The van der Waals surface area contributed by atoms with Crippen molar-refractivity contribution >= 4 is 16.5 Å². The first-order valence-electron chi connectivity index (χ1n) is 8.57. The fraction of sp³-hybridized carbons (Fsp3) is 0.200. The van der Waals surface area contributed by atoms with Gasteiger partial charge in [0, 0.05) is 18.8 Å². The van der Waals surface area contributed by atoms with Gasteiger partial charge in [-0.2, -0.15) is 18.4 Å². The minimum absolute atomic E-state index is 0.0224. The second kappa shape index (κ2) is 8.59. The molecule has 0 unspecified atom stereocenters. The Kier molecular flexibility index (Phi) is 6.15. The number of alkyl halides is 3. The Morgan fingerprint density at radius 3 is 2.52 bits per heavy atom. The first-order chi connectivity index (χ1) is 13.8. The summed E-state index contributed by atoms with van der Waals surface area (Å²) in [5.41, 5.74) is 6.67. The number of nitrogens with one attached hydrogen (secondary N) is 1. The van der Waals surface area contributed by atoms with Gasteiger partial charge in [0.1, 0.15) is 11.9 Å². The van der Waals surface area contributed by atoms with E-state index in [2.05, 4.69) is 10.3 Å². The molecule has 4 nitrogen and oxygen atoms in total. The molecule has 0 fully saturated rings. The van der Waals surface area contributed by atoms with Crippen LogP contribution in [0.5, 0.6) is 0 Å². The summed E-state index contributed by atoms with van der Waals surface area (Å²) < 4.78 is 51.6. The lowest BCUT2D eigenvalue weighted by Crippen LogP contribution is -2.31. The van der Waals surface area contributed by atoms with Crippen molar-refractivity contribution in [3.63, 3.8) is 0 Å². The van der Waals surface area contributed by atoms with Crippen molar-refractivity contribution in [2.75, 3.05) is 11.9 Å². The van der Waals surface area contributed by atoms with E-state index in [1.165, 1.54) is 35.6 Å². The summed E-state index contributed by atoms with van der Waals surface area (Å²) in [6, 6.07) is 10.7. The Labute approximate surface area is 168 Å². The molecular weight excluding hydrogens is 404 g/mol. The average molecular weight is 420 g/mol. The molecule has 3 N–H and O–H groups in total. The molecule has 0 radical (unpaired) electrons. The maximum atomic E-state index is 13.8. The number of thiazole rings is 1. The summed E-state index contributed by atoms with van der Waals surface area (Å²) in [7, 11) is 0. The lowest BCUT2D eigenvalue weighted by atomic mass is 10.0. The molecule has 0 aliphatic heterocycles. The zero-order valence-electron chi connectivity index (χ0n) is 15.0. The topological polar surface area (TPSA) is 74.7 Å². The van der Waals surface area contributed by atoms with Gasteiger partial charge in [0.15, 0.2) is 5.13 Å². The largest absolute Gasteiger partial charge is 0.416 e. The van der Waals surface area contributed by atoms with Gasteiger partial charge in [0.05, 0.1) is 16.0 Å². The van der Waals surface area contributed by atoms with Gasteiger partial charge in [-0.1, -0.05) is 29.5 Å². The highest BCUT2D eigenvalue weighted by atomic mass is 32.1. The summed E-state index contributed by atoms with van der Waals surface area (Å²) in [5, 5.41) is 12.5. The van der Waals surface area contributed by atoms with Crippen molar-refractivity contribution in [1.29, 1.82) is 5.26 Å². The lowest BCUT2D eigenvalue weighted by molar-refractivity contribution is -0.137. The van der Waals surface area contributed by atoms with Gasteiger partial charge in [0.25, 0.3) is 0 Å². The molecule has 0 saturated heterocycles. The summed E-state index contributed by atoms with van der Waals surface area (Å²) >= 11 is 1.31. The Morgan fingerprint density at radius 2 is 1.90 bits per heavy atom. The van der Waals surface area contributed by atoms with Crippen LogP contribution in [-0.2, 0) is 12.6 Å². The van der Waals surface area contributed by atoms with E-state index in [1.54, 1.807) is 18.3 Å². The van der Waals surface area contributed by atoms with E-state index in [-0.39, 0.29) is 11.6 Å². The second-order valence-corrected chi connectivity index (χ2v) is 7.41. The van der Waals surface area contributed by atoms with E-state index in [0.29, 0.717) is 29.2 Å². The SMILES string of the molecule is N#Cc1ccc(-c2cnc(NC[C@@H](N)Cc3ccc(C(F)(F)F)cc3)s2)cc1F. The predicted octanol–water partition coefficient (Wildman–Crippen LogP) is 4.82. The van der Waals surface area contributed by atoms with Crippen molar-refractivity contribution in [3.8, 4) is 16.5 Å². The van der Waals surface area contributed by atoms with E-state index in [1.807, 2.05) is 0 Å². The number of halogens is 4. The van der Waals surface area contributed by atoms with Gasteiger partial charge in [-0.15, -0.1) is 0 Å². The van der Waals surface area contributed by atoms with E-state index in [0.717, 1.165) is 17.0 Å². The number of nitrogens with zero attached hydrogens (tertiary/aromatic N) is 2. The maximum Gasteiger partial charge on any atom is 0.416 e. The van der Waals surface area contributed by atoms with Gasteiger partial charge in [-0.3, -0.25) is 0 Å². The molecule has 1 heterocycles.